The molecule has 3 rings (SSSR count). The van der Waals surface area contributed by atoms with Crippen LogP contribution < -0.4 is 0 Å². The second-order valence-electron chi connectivity index (χ2n) is 5.02. The maximum Gasteiger partial charge on any atom is 0.0702 e. The summed E-state index contributed by atoms with van der Waals surface area (Å²) in [6, 6.07) is 23.2. The van der Waals surface area contributed by atoms with E-state index in [0.29, 0.717) is 0 Å². The highest BCUT2D eigenvalue weighted by atomic mass is 14.7. The lowest BCUT2D eigenvalue weighted by Crippen LogP contribution is -1.93. The maximum atomic E-state index is 4.40. The molecule has 0 radical (unpaired) electrons. The zero-order valence-electron chi connectivity index (χ0n) is 11.6. The molecule has 0 saturated heterocycles. The van der Waals surface area contributed by atoms with Gasteiger partial charge in [-0.25, -0.2) is 0 Å². The van der Waals surface area contributed by atoms with Crippen LogP contribution in [0.2, 0.25) is 0 Å². The van der Waals surface area contributed by atoms with E-state index in [1.54, 1.807) is 0 Å². The molecule has 0 atom stereocenters. The molecular formula is C19H17N. The van der Waals surface area contributed by atoms with Gasteiger partial charge in [-0.2, -0.15) is 0 Å². The Morgan fingerprint density at radius 1 is 0.850 bits per heavy atom. The van der Waals surface area contributed by atoms with Gasteiger partial charge in [0.15, 0.2) is 0 Å². The van der Waals surface area contributed by atoms with E-state index < -0.39 is 0 Å². The molecule has 0 fully saturated rings. The zero-order chi connectivity index (χ0) is 13.8. The molecule has 0 aliphatic heterocycles. The Morgan fingerprint density at radius 3 is 2.35 bits per heavy atom. The lowest BCUT2D eigenvalue weighted by molar-refractivity contribution is 1.15. The fourth-order valence-electron chi connectivity index (χ4n) is 2.40. The summed E-state index contributed by atoms with van der Waals surface area (Å²) in [6.45, 7) is 2.17. The Balaban J connectivity index is 1.89. The third kappa shape index (κ3) is 2.77. The Labute approximate surface area is 119 Å². The van der Waals surface area contributed by atoms with Crippen molar-refractivity contribution in [3.05, 3.63) is 89.6 Å². The summed E-state index contributed by atoms with van der Waals surface area (Å²) in [7, 11) is 0. The van der Waals surface area contributed by atoms with Gasteiger partial charge < -0.3 is 0 Å². The Bertz CT molecular complexity index is 687. The van der Waals surface area contributed by atoms with Crippen molar-refractivity contribution in [3.8, 4) is 11.3 Å². The van der Waals surface area contributed by atoms with E-state index in [1.807, 2.05) is 24.4 Å². The Kier molecular flexibility index (Phi) is 3.60. The molecule has 0 aliphatic carbocycles. The molecule has 0 bridgehead atoms. The topological polar surface area (TPSA) is 12.9 Å². The van der Waals surface area contributed by atoms with Crippen molar-refractivity contribution in [2.45, 2.75) is 13.3 Å². The molecule has 1 heteroatoms. The van der Waals surface area contributed by atoms with Crippen LogP contribution in [0.15, 0.2) is 72.9 Å². The van der Waals surface area contributed by atoms with E-state index in [-0.39, 0.29) is 0 Å². The second kappa shape index (κ2) is 5.70. The van der Waals surface area contributed by atoms with Crippen molar-refractivity contribution in [1.29, 1.82) is 0 Å². The first kappa shape index (κ1) is 12.6. The average molecular weight is 259 g/mol. The summed E-state index contributed by atoms with van der Waals surface area (Å²) in [4.78, 5) is 4.40. The van der Waals surface area contributed by atoms with Gasteiger partial charge in [0.1, 0.15) is 0 Å². The van der Waals surface area contributed by atoms with Gasteiger partial charge in [0.25, 0.3) is 0 Å². The van der Waals surface area contributed by atoms with Gasteiger partial charge in [0.05, 0.1) is 5.69 Å². The second-order valence-corrected chi connectivity index (χ2v) is 5.02. The third-order valence-corrected chi connectivity index (χ3v) is 3.54. The van der Waals surface area contributed by atoms with Crippen molar-refractivity contribution in [3.63, 3.8) is 0 Å². The lowest BCUT2D eigenvalue weighted by Gasteiger charge is -2.08. The van der Waals surface area contributed by atoms with Gasteiger partial charge in [-0.15, -0.1) is 0 Å². The van der Waals surface area contributed by atoms with Crippen molar-refractivity contribution < 1.29 is 0 Å². The Hall–Kier alpha value is -2.41. The number of aryl methyl sites for hydroxylation is 1. The van der Waals surface area contributed by atoms with Crippen LogP contribution in [0.25, 0.3) is 11.3 Å². The van der Waals surface area contributed by atoms with Crippen molar-refractivity contribution in [1.82, 2.24) is 4.98 Å². The highest BCUT2D eigenvalue weighted by molar-refractivity contribution is 5.60. The first-order chi connectivity index (χ1) is 9.83. The van der Waals surface area contributed by atoms with Crippen LogP contribution in [0.3, 0.4) is 0 Å². The minimum Gasteiger partial charge on any atom is -0.256 e. The Morgan fingerprint density at radius 2 is 1.65 bits per heavy atom. The summed E-state index contributed by atoms with van der Waals surface area (Å²) in [5.74, 6) is 0. The zero-order valence-corrected chi connectivity index (χ0v) is 11.6. The quantitative estimate of drug-likeness (QED) is 0.667. The predicted molar refractivity (Wildman–Crippen MR) is 83.7 cm³/mol. The van der Waals surface area contributed by atoms with Crippen LogP contribution in [0.4, 0.5) is 0 Å². The first-order valence-electron chi connectivity index (χ1n) is 6.88. The van der Waals surface area contributed by atoms with Crippen LogP contribution in [-0.2, 0) is 6.42 Å². The monoisotopic (exact) mass is 259 g/mol. The summed E-state index contributed by atoms with van der Waals surface area (Å²) < 4.78 is 0. The van der Waals surface area contributed by atoms with E-state index in [4.69, 9.17) is 0 Å². The molecule has 3 aromatic rings. The molecule has 0 N–H and O–H groups in total. The molecule has 2 aromatic carbocycles. The number of benzene rings is 2. The fraction of sp³-hybridized carbons (Fsp3) is 0.105. The SMILES string of the molecule is Cc1cc(-c2ccccn2)ccc1Cc1ccccc1. The largest absolute Gasteiger partial charge is 0.256 e. The molecule has 0 saturated carbocycles. The fourth-order valence-corrected chi connectivity index (χ4v) is 2.40. The van der Waals surface area contributed by atoms with Crippen LogP contribution in [0, 0.1) is 6.92 Å². The number of pyridine rings is 1. The highest BCUT2D eigenvalue weighted by Crippen LogP contribution is 2.22. The van der Waals surface area contributed by atoms with E-state index in [0.717, 1.165) is 12.1 Å². The van der Waals surface area contributed by atoms with Gasteiger partial charge >= 0.3 is 0 Å². The van der Waals surface area contributed by atoms with Gasteiger partial charge in [-0.05, 0) is 48.2 Å². The van der Waals surface area contributed by atoms with Crippen molar-refractivity contribution in [2.24, 2.45) is 0 Å². The van der Waals surface area contributed by atoms with Crippen LogP contribution in [0.5, 0.6) is 0 Å². The number of aromatic nitrogens is 1. The molecule has 0 amide bonds. The molecule has 0 unspecified atom stereocenters. The lowest BCUT2D eigenvalue weighted by atomic mass is 9.97. The van der Waals surface area contributed by atoms with Crippen LogP contribution in [-0.4, -0.2) is 4.98 Å². The third-order valence-electron chi connectivity index (χ3n) is 3.54. The number of rotatable bonds is 3. The van der Waals surface area contributed by atoms with E-state index in [9.17, 15) is 0 Å². The minimum absolute atomic E-state index is 0.981. The molecule has 20 heavy (non-hydrogen) atoms. The van der Waals surface area contributed by atoms with Crippen molar-refractivity contribution >= 4 is 0 Å². The average Bonchev–Trinajstić information content (AvgIpc) is 2.51. The normalized spacial score (nSPS) is 10.4. The van der Waals surface area contributed by atoms with Crippen LogP contribution >= 0.6 is 0 Å². The first-order valence-corrected chi connectivity index (χ1v) is 6.88. The van der Waals surface area contributed by atoms with E-state index in [1.165, 1.54) is 22.3 Å². The molecule has 1 aromatic heterocycles. The molecule has 0 spiro atoms. The number of nitrogens with zero attached hydrogens (tertiary/aromatic N) is 1. The van der Waals surface area contributed by atoms with E-state index >= 15 is 0 Å². The smallest absolute Gasteiger partial charge is 0.0702 e. The summed E-state index contributed by atoms with van der Waals surface area (Å²) in [5.41, 5.74) is 6.25. The number of hydrogen-bond acceptors (Lipinski definition) is 1. The van der Waals surface area contributed by atoms with Gasteiger partial charge in [-0.1, -0.05) is 48.5 Å². The number of hydrogen-bond donors (Lipinski definition) is 0. The maximum absolute atomic E-state index is 4.40. The standard InChI is InChI=1S/C19H17N/c1-15-13-18(19-9-5-6-12-20-19)11-10-17(15)14-16-7-3-2-4-8-16/h2-13H,14H2,1H3. The highest BCUT2D eigenvalue weighted by Gasteiger charge is 2.03. The summed E-state index contributed by atoms with van der Waals surface area (Å²) in [6.07, 6.45) is 2.82. The summed E-state index contributed by atoms with van der Waals surface area (Å²) >= 11 is 0. The molecule has 1 heterocycles. The molecular weight excluding hydrogens is 242 g/mol. The van der Waals surface area contributed by atoms with Gasteiger partial charge in [0.2, 0.25) is 0 Å². The molecule has 0 aliphatic rings. The molecule has 1 nitrogen and oxygen atoms in total. The summed E-state index contributed by atoms with van der Waals surface area (Å²) in [5, 5.41) is 0. The predicted octanol–water partition coefficient (Wildman–Crippen LogP) is 4.65. The van der Waals surface area contributed by atoms with E-state index in [2.05, 4.69) is 60.4 Å². The van der Waals surface area contributed by atoms with Gasteiger partial charge in [0, 0.05) is 11.8 Å². The minimum atomic E-state index is 0.981. The van der Waals surface area contributed by atoms with Crippen LogP contribution in [0.1, 0.15) is 16.7 Å². The van der Waals surface area contributed by atoms with Crippen molar-refractivity contribution in [2.75, 3.05) is 0 Å². The van der Waals surface area contributed by atoms with Gasteiger partial charge in [-0.3, -0.25) is 4.98 Å². The molecule has 98 valence electrons.